The van der Waals surface area contributed by atoms with Gasteiger partial charge in [-0.2, -0.15) is 0 Å². The zero-order chi connectivity index (χ0) is 38.9. The van der Waals surface area contributed by atoms with Crippen LogP contribution >= 0.6 is 0 Å². The molecule has 0 saturated heterocycles. The first-order valence-electron chi connectivity index (χ1n) is 17.6. The Bertz CT molecular complexity index is 1910. The molecule has 6 aromatic rings. The number of nitrogens with one attached hydrogen (secondary N) is 2. The number of fused-ring (bicyclic) bond motifs is 6. The summed E-state index contributed by atoms with van der Waals surface area (Å²) in [6.45, 7) is 9.03. The van der Waals surface area contributed by atoms with Crippen molar-refractivity contribution < 1.29 is 68.9 Å². The van der Waals surface area contributed by atoms with Gasteiger partial charge in [0.25, 0.3) is 0 Å². The average molecular weight is 860 g/mol. The fourth-order valence-electron chi connectivity index (χ4n) is 6.84. The van der Waals surface area contributed by atoms with Crippen LogP contribution in [0.4, 0.5) is 0 Å². The van der Waals surface area contributed by atoms with E-state index in [1.807, 2.05) is 81.9 Å². The third kappa shape index (κ3) is 9.47. The molecule has 1 radical (unpaired) electrons. The number of rotatable bonds is 16. The van der Waals surface area contributed by atoms with Gasteiger partial charge in [0.2, 0.25) is 11.8 Å². The maximum absolute atomic E-state index is 12.8. The van der Waals surface area contributed by atoms with Crippen LogP contribution in [0.25, 0.3) is 43.6 Å². The van der Waals surface area contributed by atoms with E-state index in [1.54, 1.807) is 42.7 Å². The Balaban J connectivity index is 0.000000240. The fourth-order valence-corrected chi connectivity index (χ4v) is 9.92. The van der Waals surface area contributed by atoms with Crippen LogP contribution in [0.15, 0.2) is 97.1 Å². The standard InChI is InChI=1S/2C20H25N2O4Si.Y/c2*1-15(20(23)21-13-14-27(24-2,25-3)26-4)22-18-11-7-5-9-16(18)17-10-6-8-12-19(17)22;/h2*5-12,15H,1,13-14H2,2-4H3,(H,21,23);/q2*-1;/t2*15-;/m00./s1. The maximum Gasteiger partial charge on any atom is 0.501 e. The van der Waals surface area contributed by atoms with Crippen molar-refractivity contribution >= 4 is 73.0 Å². The summed E-state index contributed by atoms with van der Waals surface area (Å²) in [5.41, 5.74) is 3.96. The summed E-state index contributed by atoms with van der Waals surface area (Å²) in [5.74, 6) is -0.319. The molecule has 2 aromatic heterocycles. The minimum atomic E-state index is -2.71. The molecule has 4 aromatic carbocycles. The van der Waals surface area contributed by atoms with E-state index in [-0.39, 0.29) is 44.5 Å². The summed E-state index contributed by atoms with van der Waals surface area (Å²) in [7, 11) is 3.92. The number of amides is 2. The molecule has 0 saturated carbocycles. The Morgan fingerprint density at radius 1 is 0.509 bits per heavy atom. The molecule has 55 heavy (non-hydrogen) atoms. The van der Waals surface area contributed by atoms with E-state index in [0.29, 0.717) is 25.2 Å². The van der Waals surface area contributed by atoms with E-state index < -0.39 is 29.7 Å². The molecule has 0 fully saturated rings. The van der Waals surface area contributed by atoms with Gasteiger partial charge in [0.1, 0.15) is 0 Å². The van der Waals surface area contributed by atoms with Gasteiger partial charge in [-0.1, -0.05) is 72.8 Å². The minimum Gasteiger partial charge on any atom is -0.377 e. The van der Waals surface area contributed by atoms with Gasteiger partial charge in [0.15, 0.2) is 0 Å². The van der Waals surface area contributed by atoms with E-state index in [2.05, 4.69) is 48.7 Å². The second-order valence-electron chi connectivity index (χ2n) is 12.5. The van der Waals surface area contributed by atoms with Crippen LogP contribution < -0.4 is 10.6 Å². The average Bonchev–Trinajstić information content (AvgIpc) is 3.74. The Kier molecular flexibility index (Phi) is 16.3. The van der Waals surface area contributed by atoms with Crippen molar-refractivity contribution in [3.63, 3.8) is 0 Å². The van der Waals surface area contributed by atoms with Crippen LogP contribution in [0.2, 0.25) is 12.1 Å². The maximum atomic E-state index is 12.8. The summed E-state index contributed by atoms with van der Waals surface area (Å²) in [4.78, 5) is 25.6. The monoisotopic (exact) mass is 859 g/mol. The third-order valence-electron chi connectivity index (χ3n) is 9.79. The number of carbonyl (C=O) groups excluding carboxylic acids is 2. The minimum absolute atomic E-state index is 0. The molecular formula is C40H50N4O8Si2Y-2. The zero-order valence-electron chi connectivity index (χ0n) is 32.4. The first kappa shape index (κ1) is 44.4. The number of nitrogens with zero attached hydrogens (tertiary/aromatic N) is 2. The molecule has 2 amide bonds. The molecule has 291 valence electrons. The van der Waals surface area contributed by atoms with E-state index in [1.165, 1.54) is 0 Å². The van der Waals surface area contributed by atoms with Crippen LogP contribution in [0.3, 0.4) is 0 Å². The molecule has 0 aliphatic rings. The van der Waals surface area contributed by atoms with E-state index in [0.717, 1.165) is 43.6 Å². The second-order valence-corrected chi connectivity index (χ2v) is 18.7. The number of hydrogen-bond acceptors (Lipinski definition) is 8. The molecule has 2 atom stereocenters. The number of aromatic nitrogens is 2. The van der Waals surface area contributed by atoms with Gasteiger partial charge in [-0.15, -0.1) is 0 Å². The molecule has 6 rings (SSSR count). The Morgan fingerprint density at radius 3 is 0.982 bits per heavy atom. The largest absolute Gasteiger partial charge is 0.501 e. The Hall–Kier alpha value is -3.28. The molecule has 12 nitrogen and oxygen atoms in total. The normalized spacial score (nSPS) is 12.9. The summed E-state index contributed by atoms with van der Waals surface area (Å²) in [6, 6.07) is 32.0. The van der Waals surface area contributed by atoms with Gasteiger partial charge in [-0.05, 0) is 36.3 Å². The van der Waals surface area contributed by atoms with Crippen LogP contribution in [0, 0.1) is 13.8 Å². The van der Waals surface area contributed by atoms with E-state index in [4.69, 9.17) is 26.6 Å². The first-order chi connectivity index (χ1) is 26.1. The fraction of sp³-hybridized carbons (Fsp3) is 0.300. The van der Waals surface area contributed by atoms with Crippen molar-refractivity contribution in [3.8, 4) is 0 Å². The van der Waals surface area contributed by atoms with E-state index in [9.17, 15) is 9.59 Å². The molecular weight excluding hydrogens is 810 g/mol. The zero-order valence-corrected chi connectivity index (χ0v) is 37.2. The predicted molar refractivity (Wildman–Crippen MR) is 217 cm³/mol. The summed E-state index contributed by atoms with van der Waals surface area (Å²) in [5, 5.41) is 10.3. The first-order valence-corrected chi connectivity index (χ1v) is 21.5. The molecule has 2 heterocycles. The van der Waals surface area contributed by atoms with Gasteiger partial charge in [-0.3, -0.25) is 9.59 Å². The summed E-state index contributed by atoms with van der Waals surface area (Å²) >= 11 is 0. The number of carbonyl (C=O) groups is 2. The van der Waals surface area contributed by atoms with Crippen molar-refractivity contribution in [3.05, 3.63) is 111 Å². The molecule has 0 unspecified atom stereocenters. The number of hydrogen-bond donors (Lipinski definition) is 2. The third-order valence-corrected chi connectivity index (χ3v) is 15.2. The molecule has 2 N–H and O–H groups in total. The van der Waals surface area contributed by atoms with Crippen LogP contribution in [-0.2, 0) is 68.9 Å². The van der Waals surface area contributed by atoms with Crippen molar-refractivity contribution in [1.29, 1.82) is 0 Å². The Labute approximate surface area is 350 Å². The van der Waals surface area contributed by atoms with Crippen LogP contribution in [-0.4, -0.2) is 94.3 Å². The molecule has 0 aliphatic carbocycles. The number of para-hydroxylation sites is 4. The molecule has 0 bridgehead atoms. The van der Waals surface area contributed by atoms with Gasteiger partial charge in [-0.25, -0.2) is 0 Å². The van der Waals surface area contributed by atoms with Gasteiger partial charge >= 0.3 is 17.6 Å². The van der Waals surface area contributed by atoms with Crippen LogP contribution in [0.5, 0.6) is 0 Å². The van der Waals surface area contributed by atoms with Crippen molar-refractivity contribution in [2.75, 3.05) is 55.7 Å². The molecule has 15 heteroatoms. The number of benzene rings is 4. The van der Waals surface area contributed by atoms with Gasteiger partial charge in [0, 0.05) is 144 Å². The van der Waals surface area contributed by atoms with E-state index >= 15 is 0 Å². The quantitative estimate of drug-likeness (QED) is 0.0857. The SMILES string of the molecule is [CH2-][C@@H](C(=O)NCC[Si](OC)(OC)OC)n1c2ccccc2c2ccccc21.[CH2-][C@@H](C(=O)NCC[Si](OC)(OC)OC)n1c2ccccc2c2ccccc21.[Y]. The van der Waals surface area contributed by atoms with Crippen molar-refractivity contribution in [1.82, 2.24) is 19.8 Å². The predicted octanol–water partition coefficient (Wildman–Crippen LogP) is 6.33. The van der Waals surface area contributed by atoms with Crippen molar-refractivity contribution in [2.45, 2.75) is 24.2 Å². The summed E-state index contributed by atoms with van der Waals surface area (Å²) in [6.07, 6.45) is 0. The molecule has 0 aliphatic heterocycles. The topological polar surface area (TPSA) is 123 Å². The second kappa shape index (κ2) is 20.2. The molecule has 0 spiro atoms. The van der Waals surface area contributed by atoms with Crippen molar-refractivity contribution in [2.24, 2.45) is 0 Å². The Morgan fingerprint density at radius 2 is 0.745 bits per heavy atom. The van der Waals surface area contributed by atoms with Crippen LogP contribution in [0.1, 0.15) is 12.1 Å². The summed E-state index contributed by atoms with van der Waals surface area (Å²) < 4.78 is 36.3. The smallest absolute Gasteiger partial charge is 0.377 e. The van der Waals surface area contributed by atoms with Gasteiger partial charge < -0.3 is 60.2 Å². The van der Waals surface area contributed by atoms with Gasteiger partial charge in [0.05, 0.1) is 0 Å².